The molecule has 1 atom stereocenters. The molecular formula is C12H18BrNO. The van der Waals surface area contributed by atoms with E-state index in [1.54, 1.807) is 7.11 Å². The Morgan fingerprint density at radius 1 is 1.47 bits per heavy atom. The Morgan fingerprint density at radius 2 is 2.13 bits per heavy atom. The molecule has 1 aromatic rings. The van der Waals surface area contributed by atoms with Crippen LogP contribution in [0, 0.1) is 0 Å². The van der Waals surface area contributed by atoms with Gasteiger partial charge in [-0.3, -0.25) is 0 Å². The van der Waals surface area contributed by atoms with Crippen molar-refractivity contribution in [3.05, 3.63) is 34.3 Å². The lowest BCUT2D eigenvalue weighted by Crippen LogP contribution is -2.46. The molecule has 1 unspecified atom stereocenters. The van der Waals surface area contributed by atoms with Crippen molar-refractivity contribution in [2.24, 2.45) is 5.73 Å². The summed E-state index contributed by atoms with van der Waals surface area (Å²) in [5, 5.41) is 0. The van der Waals surface area contributed by atoms with E-state index in [1.165, 1.54) is 5.56 Å². The van der Waals surface area contributed by atoms with Gasteiger partial charge in [-0.15, -0.1) is 0 Å². The fourth-order valence-electron chi connectivity index (χ4n) is 1.32. The monoisotopic (exact) mass is 271 g/mol. The zero-order valence-corrected chi connectivity index (χ0v) is 11.0. The van der Waals surface area contributed by atoms with Gasteiger partial charge >= 0.3 is 0 Å². The maximum atomic E-state index is 6.10. The number of benzene rings is 1. The second-order valence-electron chi connectivity index (χ2n) is 4.25. The van der Waals surface area contributed by atoms with Crippen LogP contribution < -0.4 is 5.73 Å². The van der Waals surface area contributed by atoms with E-state index in [2.05, 4.69) is 28.1 Å². The molecule has 0 aromatic heterocycles. The third kappa shape index (κ3) is 3.59. The van der Waals surface area contributed by atoms with Gasteiger partial charge in [-0.2, -0.15) is 0 Å². The number of nitrogens with two attached hydrogens (primary N) is 1. The fraction of sp³-hybridized carbons (Fsp3) is 0.500. The van der Waals surface area contributed by atoms with Gasteiger partial charge in [0.15, 0.2) is 0 Å². The molecule has 0 aliphatic carbocycles. The second kappa shape index (κ2) is 5.10. The topological polar surface area (TPSA) is 35.2 Å². The lowest BCUT2D eigenvalue weighted by Gasteiger charge is -2.30. The Morgan fingerprint density at radius 3 is 2.67 bits per heavy atom. The minimum Gasteiger partial charge on any atom is -0.377 e. The van der Waals surface area contributed by atoms with E-state index in [0.717, 1.165) is 10.9 Å². The molecule has 0 saturated carbocycles. The van der Waals surface area contributed by atoms with E-state index in [4.69, 9.17) is 10.5 Å². The standard InChI is InChI=1S/C12H18BrNO/c1-12(2,15-3)11(14)8-9-5-4-6-10(13)7-9/h4-7,11H,8,14H2,1-3H3. The third-order valence-electron chi connectivity index (χ3n) is 2.76. The summed E-state index contributed by atoms with van der Waals surface area (Å²) >= 11 is 3.45. The first-order valence-corrected chi connectivity index (χ1v) is 5.80. The van der Waals surface area contributed by atoms with Crippen molar-refractivity contribution in [2.45, 2.75) is 31.9 Å². The summed E-state index contributed by atoms with van der Waals surface area (Å²) in [7, 11) is 1.70. The second-order valence-corrected chi connectivity index (χ2v) is 5.16. The van der Waals surface area contributed by atoms with Crippen LogP contribution >= 0.6 is 15.9 Å². The molecule has 15 heavy (non-hydrogen) atoms. The van der Waals surface area contributed by atoms with Gasteiger partial charge in [0.2, 0.25) is 0 Å². The average molecular weight is 272 g/mol. The van der Waals surface area contributed by atoms with E-state index >= 15 is 0 Å². The maximum Gasteiger partial charge on any atom is 0.0776 e. The molecule has 0 aliphatic rings. The molecule has 84 valence electrons. The Labute approximate surface area is 99.9 Å². The first-order chi connectivity index (χ1) is 6.95. The van der Waals surface area contributed by atoms with Gasteiger partial charge in [-0.05, 0) is 38.0 Å². The molecule has 2 nitrogen and oxygen atoms in total. The van der Waals surface area contributed by atoms with Crippen LogP contribution in [0.4, 0.5) is 0 Å². The van der Waals surface area contributed by atoms with Crippen LogP contribution in [0.5, 0.6) is 0 Å². The molecule has 1 aromatic carbocycles. The molecule has 2 N–H and O–H groups in total. The summed E-state index contributed by atoms with van der Waals surface area (Å²) < 4.78 is 6.45. The van der Waals surface area contributed by atoms with E-state index in [1.807, 2.05) is 26.0 Å². The predicted molar refractivity (Wildman–Crippen MR) is 66.9 cm³/mol. The van der Waals surface area contributed by atoms with E-state index in [0.29, 0.717) is 0 Å². The quantitative estimate of drug-likeness (QED) is 0.914. The van der Waals surface area contributed by atoms with Crippen LogP contribution in [0.15, 0.2) is 28.7 Å². The van der Waals surface area contributed by atoms with Crippen LogP contribution in [-0.2, 0) is 11.2 Å². The fourth-order valence-corrected chi connectivity index (χ4v) is 1.76. The van der Waals surface area contributed by atoms with Crippen LogP contribution in [0.1, 0.15) is 19.4 Å². The lowest BCUT2D eigenvalue weighted by atomic mass is 9.93. The van der Waals surface area contributed by atoms with Crippen molar-refractivity contribution >= 4 is 15.9 Å². The number of hydrogen-bond acceptors (Lipinski definition) is 2. The SMILES string of the molecule is COC(C)(C)C(N)Cc1cccc(Br)c1. The Kier molecular flexibility index (Phi) is 4.32. The normalized spacial score (nSPS) is 13.9. The molecule has 3 heteroatoms. The number of methoxy groups -OCH3 is 1. The van der Waals surface area contributed by atoms with Gasteiger partial charge in [0.1, 0.15) is 0 Å². The predicted octanol–water partition coefficient (Wildman–Crippen LogP) is 2.74. The van der Waals surface area contributed by atoms with Crippen molar-refractivity contribution in [2.75, 3.05) is 7.11 Å². The van der Waals surface area contributed by atoms with Gasteiger partial charge < -0.3 is 10.5 Å². The maximum absolute atomic E-state index is 6.10. The highest BCUT2D eigenvalue weighted by atomic mass is 79.9. The first-order valence-electron chi connectivity index (χ1n) is 5.01. The molecule has 1 rings (SSSR count). The molecule has 0 radical (unpaired) electrons. The highest BCUT2D eigenvalue weighted by Gasteiger charge is 2.25. The van der Waals surface area contributed by atoms with Gasteiger partial charge in [0, 0.05) is 17.6 Å². The minimum atomic E-state index is -0.289. The molecule has 0 heterocycles. The Balaban J connectivity index is 2.70. The summed E-state index contributed by atoms with van der Waals surface area (Å²) in [5.41, 5.74) is 7.04. The number of rotatable bonds is 4. The van der Waals surface area contributed by atoms with Gasteiger partial charge in [0.05, 0.1) is 5.60 Å². The summed E-state index contributed by atoms with van der Waals surface area (Å²) in [6.07, 6.45) is 0.820. The van der Waals surface area contributed by atoms with Crippen molar-refractivity contribution in [3.8, 4) is 0 Å². The smallest absolute Gasteiger partial charge is 0.0776 e. The van der Waals surface area contributed by atoms with Crippen LogP contribution in [0.3, 0.4) is 0 Å². The average Bonchev–Trinajstić information content (AvgIpc) is 2.17. The highest BCUT2D eigenvalue weighted by Crippen LogP contribution is 2.18. The first kappa shape index (κ1) is 12.7. The molecule has 0 spiro atoms. The number of hydrogen-bond donors (Lipinski definition) is 1. The van der Waals surface area contributed by atoms with Crippen molar-refractivity contribution < 1.29 is 4.74 Å². The van der Waals surface area contributed by atoms with Gasteiger partial charge in [0.25, 0.3) is 0 Å². The van der Waals surface area contributed by atoms with E-state index in [9.17, 15) is 0 Å². The lowest BCUT2D eigenvalue weighted by molar-refractivity contribution is 0.000803. The van der Waals surface area contributed by atoms with Crippen LogP contribution in [-0.4, -0.2) is 18.8 Å². The molecular weight excluding hydrogens is 254 g/mol. The van der Waals surface area contributed by atoms with Crippen molar-refractivity contribution in [1.82, 2.24) is 0 Å². The van der Waals surface area contributed by atoms with Crippen molar-refractivity contribution in [1.29, 1.82) is 0 Å². The molecule has 0 fully saturated rings. The summed E-state index contributed by atoms with van der Waals surface area (Å²) in [6, 6.07) is 8.20. The zero-order valence-electron chi connectivity index (χ0n) is 9.46. The van der Waals surface area contributed by atoms with Crippen molar-refractivity contribution in [3.63, 3.8) is 0 Å². The molecule has 0 saturated heterocycles. The summed E-state index contributed by atoms with van der Waals surface area (Å²) in [5.74, 6) is 0. The van der Waals surface area contributed by atoms with Crippen LogP contribution in [0.2, 0.25) is 0 Å². The van der Waals surface area contributed by atoms with E-state index < -0.39 is 0 Å². The number of halogens is 1. The molecule has 0 amide bonds. The Bertz CT molecular complexity index is 325. The largest absolute Gasteiger partial charge is 0.377 e. The Hall–Kier alpha value is -0.380. The molecule has 0 bridgehead atoms. The van der Waals surface area contributed by atoms with Crippen LogP contribution in [0.25, 0.3) is 0 Å². The number of ether oxygens (including phenoxy) is 1. The zero-order chi connectivity index (χ0) is 11.5. The summed E-state index contributed by atoms with van der Waals surface area (Å²) in [6.45, 7) is 4.02. The highest BCUT2D eigenvalue weighted by molar-refractivity contribution is 9.10. The minimum absolute atomic E-state index is 0.00296. The third-order valence-corrected chi connectivity index (χ3v) is 3.26. The molecule has 0 aliphatic heterocycles. The van der Waals surface area contributed by atoms with Gasteiger partial charge in [-0.25, -0.2) is 0 Å². The van der Waals surface area contributed by atoms with E-state index in [-0.39, 0.29) is 11.6 Å². The van der Waals surface area contributed by atoms with Gasteiger partial charge in [-0.1, -0.05) is 28.1 Å². The summed E-state index contributed by atoms with van der Waals surface area (Å²) in [4.78, 5) is 0.